The maximum atomic E-state index is 13.9. The van der Waals surface area contributed by atoms with Crippen LogP contribution < -0.4 is 15.5 Å². The molecule has 0 atom stereocenters. The lowest BCUT2D eigenvalue weighted by atomic mass is 10.2. The van der Waals surface area contributed by atoms with Gasteiger partial charge in [-0.25, -0.2) is 4.39 Å². The van der Waals surface area contributed by atoms with Gasteiger partial charge in [0.05, 0.1) is 5.69 Å². The molecule has 1 saturated carbocycles. The number of halogens is 2. The Morgan fingerprint density at radius 1 is 1.19 bits per heavy atom. The number of nitrogens with zero attached hydrogens (tertiary/aromatic N) is 3. The Labute approximate surface area is 173 Å². The fourth-order valence-electron chi connectivity index (χ4n) is 3.15. The second-order valence-corrected chi connectivity index (χ2v) is 6.81. The van der Waals surface area contributed by atoms with Crippen LogP contribution in [0.3, 0.4) is 0 Å². The Kier molecular flexibility index (Phi) is 8.90. The van der Waals surface area contributed by atoms with Crippen molar-refractivity contribution in [3.05, 3.63) is 30.1 Å². The third-order valence-corrected chi connectivity index (χ3v) is 4.73. The standard InChI is InChI=1S/C19H30FN5.HI/c1-2-21-19(23-16-8-9-16)22-10-5-11-24-12-14-25(15-13-24)18-7-4-3-6-17(18)20;/h3-4,6-7,16H,2,5,8-15H2,1H3,(H2,21,22,23);1H. The Bertz CT molecular complexity index is 571. The third kappa shape index (κ3) is 6.57. The van der Waals surface area contributed by atoms with Crippen LogP contribution in [0.25, 0.3) is 0 Å². The Morgan fingerprint density at radius 3 is 2.58 bits per heavy atom. The van der Waals surface area contributed by atoms with E-state index in [4.69, 9.17) is 0 Å². The first-order valence-corrected chi connectivity index (χ1v) is 9.53. The SMILES string of the molecule is CCNC(=NCCCN1CCN(c2ccccc2F)CC1)NC1CC1.I. The summed E-state index contributed by atoms with van der Waals surface area (Å²) in [6, 6.07) is 7.69. The zero-order valence-corrected chi connectivity index (χ0v) is 17.9. The first-order chi connectivity index (χ1) is 12.3. The van der Waals surface area contributed by atoms with Crippen LogP contribution in [0.5, 0.6) is 0 Å². The maximum absolute atomic E-state index is 13.9. The van der Waals surface area contributed by atoms with E-state index in [1.807, 2.05) is 12.1 Å². The van der Waals surface area contributed by atoms with Crippen LogP contribution in [0.15, 0.2) is 29.3 Å². The number of anilines is 1. The van der Waals surface area contributed by atoms with Crippen molar-refractivity contribution < 1.29 is 4.39 Å². The van der Waals surface area contributed by atoms with Gasteiger partial charge in [0.2, 0.25) is 0 Å². The number of rotatable bonds is 7. The van der Waals surface area contributed by atoms with Gasteiger partial charge >= 0.3 is 0 Å². The number of guanidine groups is 1. The molecule has 1 aromatic rings. The van der Waals surface area contributed by atoms with Gasteiger partial charge in [-0.1, -0.05) is 12.1 Å². The molecular formula is C19H31FIN5. The lowest BCUT2D eigenvalue weighted by Crippen LogP contribution is -2.47. The molecule has 2 aliphatic rings. The molecule has 1 aliphatic carbocycles. The molecule has 1 heterocycles. The number of hydrogen-bond donors (Lipinski definition) is 2. The van der Waals surface area contributed by atoms with Crippen LogP contribution in [0.1, 0.15) is 26.2 Å². The first-order valence-electron chi connectivity index (χ1n) is 9.53. The van der Waals surface area contributed by atoms with Gasteiger partial charge in [0, 0.05) is 51.9 Å². The summed E-state index contributed by atoms with van der Waals surface area (Å²) in [6.45, 7) is 8.63. The monoisotopic (exact) mass is 475 g/mol. The smallest absolute Gasteiger partial charge is 0.191 e. The molecule has 0 amide bonds. The highest BCUT2D eigenvalue weighted by molar-refractivity contribution is 14.0. The van der Waals surface area contributed by atoms with Crippen LogP contribution in [0.4, 0.5) is 10.1 Å². The summed E-state index contributed by atoms with van der Waals surface area (Å²) in [5.41, 5.74) is 0.730. The molecule has 0 unspecified atom stereocenters. The molecule has 2 fully saturated rings. The van der Waals surface area contributed by atoms with Crippen molar-refractivity contribution in [3.63, 3.8) is 0 Å². The van der Waals surface area contributed by atoms with E-state index in [2.05, 4.69) is 32.3 Å². The van der Waals surface area contributed by atoms with Crippen molar-refractivity contribution in [2.24, 2.45) is 4.99 Å². The normalized spacial score (nSPS) is 18.4. The average Bonchev–Trinajstić information content (AvgIpc) is 3.44. The zero-order valence-electron chi connectivity index (χ0n) is 15.6. The predicted molar refractivity (Wildman–Crippen MR) is 117 cm³/mol. The largest absolute Gasteiger partial charge is 0.367 e. The van der Waals surface area contributed by atoms with Crippen molar-refractivity contribution in [2.75, 3.05) is 50.7 Å². The molecule has 0 radical (unpaired) electrons. The van der Waals surface area contributed by atoms with Crippen LogP contribution >= 0.6 is 24.0 Å². The van der Waals surface area contributed by atoms with Gasteiger partial charge in [0.25, 0.3) is 0 Å². The molecule has 1 saturated heterocycles. The molecule has 1 aliphatic heterocycles. The lowest BCUT2D eigenvalue weighted by Gasteiger charge is -2.36. The molecule has 2 N–H and O–H groups in total. The summed E-state index contributed by atoms with van der Waals surface area (Å²) in [7, 11) is 0. The van der Waals surface area contributed by atoms with Gasteiger partial charge in [0.1, 0.15) is 5.82 Å². The molecule has 3 rings (SSSR count). The van der Waals surface area contributed by atoms with Crippen LogP contribution in [0, 0.1) is 5.82 Å². The highest BCUT2D eigenvalue weighted by atomic mass is 127. The lowest BCUT2D eigenvalue weighted by molar-refractivity contribution is 0.256. The fraction of sp³-hybridized carbons (Fsp3) is 0.632. The Balaban J connectivity index is 0.00000243. The molecule has 0 bridgehead atoms. The van der Waals surface area contributed by atoms with E-state index in [0.717, 1.165) is 63.9 Å². The summed E-state index contributed by atoms with van der Waals surface area (Å²) < 4.78 is 13.9. The van der Waals surface area contributed by atoms with Crippen molar-refractivity contribution in [2.45, 2.75) is 32.2 Å². The molecule has 1 aromatic carbocycles. The van der Waals surface area contributed by atoms with Gasteiger partial charge in [0.15, 0.2) is 5.96 Å². The highest BCUT2D eigenvalue weighted by Crippen LogP contribution is 2.20. The van der Waals surface area contributed by atoms with E-state index in [-0.39, 0.29) is 29.8 Å². The molecule has 7 heteroatoms. The van der Waals surface area contributed by atoms with Gasteiger partial charge in [-0.05, 0) is 38.3 Å². The number of hydrogen-bond acceptors (Lipinski definition) is 3. The second kappa shape index (κ2) is 10.9. The summed E-state index contributed by atoms with van der Waals surface area (Å²) in [5, 5.41) is 6.75. The van der Waals surface area contributed by atoms with Gasteiger partial charge in [-0.2, -0.15) is 0 Å². The minimum atomic E-state index is -0.121. The zero-order chi connectivity index (χ0) is 17.5. The first kappa shape index (κ1) is 21.2. The van der Waals surface area contributed by atoms with Gasteiger partial charge in [-0.3, -0.25) is 9.89 Å². The average molecular weight is 475 g/mol. The fourth-order valence-corrected chi connectivity index (χ4v) is 3.15. The predicted octanol–water partition coefficient (Wildman–Crippen LogP) is 2.67. The number of nitrogens with one attached hydrogen (secondary N) is 2. The summed E-state index contributed by atoms with van der Waals surface area (Å²) in [5.74, 6) is 0.832. The van der Waals surface area contributed by atoms with E-state index in [9.17, 15) is 4.39 Å². The van der Waals surface area contributed by atoms with Gasteiger partial charge < -0.3 is 15.5 Å². The van der Waals surface area contributed by atoms with E-state index in [0.29, 0.717) is 6.04 Å². The third-order valence-electron chi connectivity index (χ3n) is 4.73. The molecular weight excluding hydrogens is 444 g/mol. The number of piperazine rings is 1. The summed E-state index contributed by atoms with van der Waals surface area (Å²) >= 11 is 0. The quantitative estimate of drug-likeness (QED) is 0.276. The highest BCUT2D eigenvalue weighted by Gasteiger charge is 2.22. The second-order valence-electron chi connectivity index (χ2n) is 6.81. The molecule has 0 spiro atoms. The summed E-state index contributed by atoms with van der Waals surface area (Å²) in [6.07, 6.45) is 3.58. The van der Waals surface area contributed by atoms with Crippen molar-refractivity contribution in [1.82, 2.24) is 15.5 Å². The number of para-hydroxylation sites is 1. The van der Waals surface area contributed by atoms with Gasteiger partial charge in [-0.15, -0.1) is 24.0 Å². The van der Waals surface area contributed by atoms with Crippen molar-refractivity contribution in [1.29, 1.82) is 0 Å². The van der Waals surface area contributed by atoms with E-state index >= 15 is 0 Å². The van der Waals surface area contributed by atoms with E-state index < -0.39 is 0 Å². The minimum Gasteiger partial charge on any atom is -0.367 e. The number of benzene rings is 1. The summed E-state index contributed by atoms with van der Waals surface area (Å²) in [4.78, 5) is 9.26. The number of aliphatic imine (C=N–C) groups is 1. The Hall–Kier alpha value is -1.09. The molecule has 5 nitrogen and oxygen atoms in total. The molecule has 0 aromatic heterocycles. The maximum Gasteiger partial charge on any atom is 0.191 e. The van der Waals surface area contributed by atoms with Crippen LogP contribution in [-0.4, -0.2) is 62.7 Å². The van der Waals surface area contributed by atoms with Crippen LogP contribution in [0.2, 0.25) is 0 Å². The molecule has 26 heavy (non-hydrogen) atoms. The Morgan fingerprint density at radius 2 is 1.92 bits per heavy atom. The van der Waals surface area contributed by atoms with E-state index in [1.165, 1.54) is 18.9 Å². The van der Waals surface area contributed by atoms with Crippen LogP contribution in [-0.2, 0) is 0 Å². The molecule has 146 valence electrons. The van der Waals surface area contributed by atoms with E-state index in [1.54, 1.807) is 6.07 Å². The van der Waals surface area contributed by atoms with Crippen molar-refractivity contribution in [3.8, 4) is 0 Å². The topological polar surface area (TPSA) is 42.9 Å². The minimum absolute atomic E-state index is 0. The van der Waals surface area contributed by atoms with Crippen molar-refractivity contribution >= 4 is 35.6 Å².